The van der Waals surface area contributed by atoms with Gasteiger partial charge in [-0.2, -0.15) is 0 Å². The average Bonchev–Trinajstić information content (AvgIpc) is 2.31. The van der Waals surface area contributed by atoms with E-state index in [-0.39, 0.29) is 25.4 Å². The molecule has 0 spiro atoms. The molecule has 0 aromatic rings. The maximum Gasteiger partial charge on any atom is 0.267 e. The van der Waals surface area contributed by atoms with Gasteiger partial charge < -0.3 is 4.90 Å². The van der Waals surface area contributed by atoms with Gasteiger partial charge in [0.05, 0.1) is 13.1 Å². The standard InChI is InChI=1S/C6H9F2IN2O/c7-6(8)1-2-11(4-6)5(12)3-10-9/h10H,1-4H2. The van der Waals surface area contributed by atoms with Crippen molar-refractivity contribution in [3.05, 3.63) is 0 Å². The molecule has 1 amide bonds. The summed E-state index contributed by atoms with van der Waals surface area (Å²) in [5.41, 5.74) is 0. The number of alkyl halides is 2. The summed E-state index contributed by atoms with van der Waals surface area (Å²) in [5, 5.41) is 0. The van der Waals surface area contributed by atoms with E-state index in [2.05, 4.69) is 3.53 Å². The fraction of sp³-hybridized carbons (Fsp3) is 0.833. The summed E-state index contributed by atoms with van der Waals surface area (Å²) in [5.74, 6) is -2.94. The molecule has 0 radical (unpaired) electrons. The van der Waals surface area contributed by atoms with Crippen molar-refractivity contribution in [2.75, 3.05) is 19.6 Å². The number of nitrogens with zero attached hydrogens (tertiary/aromatic N) is 1. The lowest BCUT2D eigenvalue weighted by Crippen LogP contribution is -2.35. The first-order valence-corrected chi connectivity index (χ1v) is 4.62. The first-order valence-electron chi connectivity index (χ1n) is 3.54. The van der Waals surface area contributed by atoms with Crippen molar-refractivity contribution < 1.29 is 13.6 Å². The van der Waals surface area contributed by atoms with E-state index >= 15 is 0 Å². The van der Waals surface area contributed by atoms with E-state index in [0.717, 1.165) is 0 Å². The van der Waals surface area contributed by atoms with Gasteiger partial charge in [0.1, 0.15) is 0 Å². The number of hydrogen-bond donors (Lipinski definition) is 1. The molecule has 70 valence electrons. The summed E-state index contributed by atoms with van der Waals surface area (Å²) < 4.78 is 27.8. The molecule has 1 aliphatic rings. The molecule has 0 aromatic heterocycles. The topological polar surface area (TPSA) is 32.3 Å². The van der Waals surface area contributed by atoms with Gasteiger partial charge in [-0.05, 0) is 0 Å². The van der Waals surface area contributed by atoms with E-state index in [1.165, 1.54) is 4.90 Å². The molecule has 0 bridgehead atoms. The fourth-order valence-electron chi connectivity index (χ4n) is 1.12. The summed E-state index contributed by atoms with van der Waals surface area (Å²) >= 11 is 1.81. The third-order valence-electron chi connectivity index (χ3n) is 1.74. The summed E-state index contributed by atoms with van der Waals surface area (Å²) in [6, 6.07) is 0. The molecule has 0 unspecified atom stereocenters. The zero-order chi connectivity index (χ0) is 9.19. The summed E-state index contributed by atoms with van der Waals surface area (Å²) in [6.45, 7) is -0.134. The molecule has 1 fully saturated rings. The molecule has 1 aliphatic heterocycles. The number of carbonyl (C=O) groups excluding carboxylic acids is 1. The van der Waals surface area contributed by atoms with Crippen molar-refractivity contribution in [2.24, 2.45) is 0 Å². The first kappa shape index (κ1) is 10.1. The van der Waals surface area contributed by atoms with Crippen LogP contribution in [0.5, 0.6) is 0 Å². The summed E-state index contributed by atoms with van der Waals surface area (Å²) in [4.78, 5) is 12.2. The number of rotatable bonds is 2. The molecule has 3 nitrogen and oxygen atoms in total. The van der Waals surface area contributed by atoms with Gasteiger partial charge >= 0.3 is 0 Å². The van der Waals surface area contributed by atoms with Crippen LogP contribution in [0.2, 0.25) is 0 Å². The molecule has 0 atom stereocenters. The minimum Gasteiger partial charge on any atom is -0.335 e. The van der Waals surface area contributed by atoms with Gasteiger partial charge in [-0.1, -0.05) is 0 Å². The number of amides is 1. The van der Waals surface area contributed by atoms with Gasteiger partial charge in [-0.15, -0.1) is 0 Å². The lowest BCUT2D eigenvalue weighted by Gasteiger charge is -2.14. The van der Waals surface area contributed by atoms with Crippen molar-refractivity contribution in [1.29, 1.82) is 0 Å². The van der Waals surface area contributed by atoms with E-state index < -0.39 is 12.5 Å². The Balaban J connectivity index is 2.41. The zero-order valence-corrected chi connectivity index (χ0v) is 8.48. The minimum atomic E-state index is -2.68. The summed E-state index contributed by atoms with van der Waals surface area (Å²) in [7, 11) is 0. The van der Waals surface area contributed by atoms with Gasteiger partial charge in [0, 0.05) is 35.8 Å². The van der Waals surface area contributed by atoms with Crippen LogP contribution in [-0.2, 0) is 4.79 Å². The quantitative estimate of drug-likeness (QED) is 0.602. The van der Waals surface area contributed by atoms with Crippen LogP contribution >= 0.6 is 22.9 Å². The van der Waals surface area contributed by atoms with Gasteiger partial charge in [0.2, 0.25) is 5.91 Å². The molecular formula is C6H9F2IN2O. The Hall–Kier alpha value is 0.0200. The fourth-order valence-corrected chi connectivity index (χ4v) is 1.44. The zero-order valence-electron chi connectivity index (χ0n) is 6.32. The van der Waals surface area contributed by atoms with E-state index in [9.17, 15) is 13.6 Å². The number of likely N-dealkylation sites (tertiary alicyclic amines) is 1. The molecule has 1 heterocycles. The van der Waals surface area contributed by atoms with Crippen LogP contribution in [0.3, 0.4) is 0 Å². The molecule has 12 heavy (non-hydrogen) atoms. The number of halogens is 3. The highest BCUT2D eigenvalue weighted by atomic mass is 127. The SMILES string of the molecule is O=C(CNI)N1CCC(F)(F)C1. The van der Waals surface area contributed by atoms with Crippen molar-refractivity contribution in [1.82, 2.24) is 8.43 Å². The molecule has 0 aromatic carbocycles. The molecule has 0 saturated carbocycles. The maximum atomic E-state index is 12.6. The van der Waals surface area contributed by atoms with Gasteiger partial charge in [-0.25, -0.2) is 8.78 Å². The summed E-state index contributed by atoms with van der Waals surface area (Å²) in [6.07, 6.45) is -0.208. The number of nitrogens with one attached hydrogen (secondary N) is 1. The van der Waals surface area contributed by atoms with Crippen LogP contribution in [0.15, 0.2) is 0 Å². The van der Waals surface area contributed by atoms with E-state index in [4.69, 9.17) is 0 Å². The minimum absolute atomic E-state index is 0.122. The molecular weight excluding hydrogens is 281 g/mol. The monoisotopic (exact) mass is 290 g/mol. The Morgan fingerprint density at radius 1 is 1.67 bits per heavy atom. The van der Waals surface area contributed by atoms with Crippen molar-refractivity contribution >= 4 is 28.8 Å². The van der Waals surface area contributed by atoms with Crippen LogP contribution in [0.25, 0.3) is 0 Å². The van der Waals surface area contributed by atoms with Crippen molar-refractivity contribution in [3.63, 3.8) is 0 Å². The highest BCUT2D eigenvalue weighted by Crippen LogP contribution is 2.26. The lowest BCUT2D eigenvalue weighted by molar-refractivity contribution is -0.130. The number of carbonyl (C=O) groups is 1. The smallest absolute Gasteiger partial charge is 0.267 e. The van der Waals surface area contributed by atoms with Crippen molar-refractivity contribution in [2.45, 2.75) is 12.3 Å². The second kappa shape index (κ2) is 3.82. The lowest BCUT2D eigenvalue weighted by atomic mass is 10.3. The van der Waals surface area contributed by atoms with E-state index in [1.54, 1.807) is 0 Å². The third kappa shape index (κ3) is 2.51. The normalized spacial score (nSPS) is 21.4. The second-order valence-electron chi connectivity index (χ2n) is 2.73. The first-order chi connectivity index (χ1) is 5.55. The third-order valence-corrected chi connectivity index (χ3v) is 2.12. The van der Waals surface area contributed by atoms with Crippen LogP contribution in [0.4, 0.5) is 8.78 Å². The van der Waals surface area contributed by atoms with Crippen LogP contribution in [0, 0.1) is 0 Å². The Kier molecular flexibility index (Phi) is 3.22. The largest absolute Gasteiger partial charge is 0.335 e. The van der Waals surface area contributed by atoms with Crippen LogP contribution < -0.4 is 3.53 Å². The molecule has 1 saturated heterocycles. The number of hydrogen-bond acceptors (Lipinski definition) is 2. The molecule has 1 rings (SSSR count). The van der Waals surface area contributed by atoms with E-state index in [0.29, 0.717) is 0 Å². The average molecular weight is 290 g/mol. The Morgan fingerprint density at radius 2 is 2.33 bits per heavy atom. The molecule has 1 N–H and O–H groups in total. The second-order valence-corrected chi connectivity index (χ2v) is 3.49. The maximum absolute atomic E-state index is 12.6. The van der Waals surface area contributed by atoms with Gasteiger partial charge in [0.25, 0.3) is 5.92 Å². The molecule has 0 aliphatic carbocycles. The Labute approximate surface area is 83.0 Å². The van der Waals surface area contributed by atoms with Gasteiger partial charge in [0.15, 0.2) is 0 Å². The highest BCUT2D eigenvalue weighted by Gasteiger charge is 2.39. The van der Waals surface area contributed by atoms with Crippen LogP contribution in [0.1, 0.15) is 6.42 Å². The molecule has 6 heteroatoms. The van der Waals surface area contributed by atoms with Gasteiger partial charge in [-0.3, -0.25) is 8.32 Å². The Bertz CT molecular complexity index is 188. The highest BCUT2D eigenvalue weighted by molar-refractivity contribution is 14.1. The predicted octanol–water partition coefficient (Wildman–Crippen LogP) is 0.794. The van der Waals surface area contributed by atoms with Crippen LogP contribution in [-0.4, -0.2) is 36.4 Å². The van der Waals surface area contributed by atoms with E-state index in [1.807, 2.05) is 22.9 Å². The van der Waals surface area contributed by atoms with Crippen molar-refractivity contribution in [3.8, 4) is 0 Å². The Morgan fingerprint density at radius 3 is 2.75 bits per heavy atom. The predicted molar refractivity (Wildman–Crippen MR) is 48.2 cm³/mol.